The number of hydrogen-bond donors (Lipinski definition) is 1. The molecule has 7 nitrogen and oxygen atoms in total. The second-order valence-corrected chi connectivity index (χ2v) is 7.68. The number of benzene rings is 2. The lowest BCUT2D eigenvalue weighted by atomic mass is 10.2. The number of sulfonamides is 1. The molecule has 9 heteroatoms. The third-order valence-electron chi connectivity index (χ3n) is 3.66. The Hall–Kier alpha value is -2.42. The van der Waals surface area contributed by atoms with Gasteiger partial charge in [-0.15, -0.1) is 0 Å². The number of hydrogen-bond acceptors (Lipinski definition) is 6. The van der Waals surface area contributed by atoms with Crippen LogP contribution < -0.4 is 9.46 Å². The van der Waals surface area contributed by atoms with Gasteiger partial charge in [-0.2, -0.15) is 4.98 Å². The lowest BCUT2D eigenvalue weighted by Gasteiger charge is -2.08. The maximum atomic E-state index is 12.4. The molecule has 0 aliphatic carbocycles. The van der Waals surface area contributed by atoms with Crippen LogP contribution in [0, 0.1) is 6.92 Å². The first-order valence-electron chi connectivity index (χ1n) is 7.62. The van der Waals surface area contributed by atoms with Crippen LogP contribution in [0.3, 0.4) is 0 Å². The topological polar surface area (TPSA) is 94.3 Å². The smallest absolute Gasteiger partial charge is 0.242 e. The number of methoxy groups -OCH3 is 1. The maximum absolute atomic E-state index is 12.4. The molecule has 0 unspecified atom stereocenters. The monoisotopic (exact) mass is 393 g/mol. The first-order valence-corrected chi connectivity index (χ1v) is 9.48. The molecule has 1 aromatic heterocycles. The molecule has 0 radical (unpaired) electrons. The van der Waals surface area contributed by atoms with E-state index in [1.807, 2.05) is 0 Å². The average Bonchev–Trinajstić information content (AvgIpc) is 3.10. The minimum Gasteiger partial charge on any atom is -0.496 e. The third kappa shape index (κ3) is 4.04. The van der Waals surface area contributed by atoms with Gasteiger partial charge in [0.15, 0.2) is 0 Å². The largest absolute Gasteiger partial charge is 0.496 e. The SMILES string of the molecule is COc1ccc(S(=O)(=O)NCc2nc(-c3ccc(Cl)cc3)no2)cc1C. The summed E-state index contributed by atoms with van der Waals surface area (Å²) in [5.41, 5.74) is 1.44. The number of rotatable bonds is 6. The summed E-state index contributed by atoms with van der Waals surface area (Å²) in [6.45, 7) is 1.66. The van der Waals surface area contributed by atoms with E-state index in [4.69, 9.17) is 20.9 Å². The number of nitrogens with zero attached hydrogens (tertiary/aromatic N) is 2. The summed E-state index contributed by atoms with van der Waals surface area (Å²) in [6, 6.07) is 11.5. The second kappa shape index (κ2) is 7.45. The van der Waals surface area contributed by atoms with Crippen LogP contribution in [-0.4, -0.2) is 25.7 Å². The van der Waals surface area contributed by atoms with Crippen molar-refractivity contribution in [1.29, 1.82) is 0 Å². The number of nitrogens with one attached hydrogen (secondary N) is 1. The summed E-state index contributed by atoms with van der Waals surface area (Å²) in [5, 5.41) is 4.44. The van der Waals surface area contributed by atoms with E-state index in [2.05, 4.69) is 14.9 Å². The molecule has 0 saturated carbocycles. The Morgan fingerprint density at radius 3 is 2.58 bits per heavy atom. The zero-order chi connectivity index (χ0) is 18.7. The summed E-state index contributed by atoms with van der Waals surface area (Å²) in [6.07, 6.45) is 0. The van der Waals surface area contributed by atoms with Crippen LogP contribution in [0.1, 0.15) is 11.5 Å². The van der Waals surface area contributed by atoms with Crippen molar-refractivity contribution in [2.24, 2.45) is 0 Å². The number of aromatic nitrogens is 2. The number of aryl methyl sites for hydroxylation is 1. The highest BCUT2D eigenvalue weighted by molar-refractivity contribution is 7.89. The molecule has 3 aromatic rings. The molecular weight excluding hydrogens is 378 g/mol. The maximum Gasteiger partial charge on any atom is 0.242 e. The Bertz CT molecular complexity index is 1020. The Morgan fingerprint density at radius 1 is 1.19 bits per heavy atom. The molecule has 1 N–H and O–H groups in total. The van der Waals surface area contributed by atoms with Crippen LogP contribution in [0.25, 0.3) is 11.4 Å². The molecule has 26 heavy (non-hydrogen) atoms. The summed E-state index contributed by atoms with van der Waals surface area (Å²) >= 11 is 5.84. The van der Waals surface area contributed by atoms with Crippen LogP contribution >= 0.6 is 11.6 Å². The lowest BCUT2D eigenvalue weighted by molar-refractivity contribution is 0.376. The molecule has 1 heterocycles. The van der Waals surface area contributed by atoms with Gasteiger partial charge >= 0.3 is 0 Å². The van der Waals surface area contributed by atoms with E-state index in [-0.39, 0.29) is 17.3 Å². The Labute approximate surface area is 156 Å². The van der Waals surface area contributed by atoms with Crippen molar-refractivity contribution in [2.75, 3.05) is 7.11 Å². The van der Waals surface area contributed by atoms with Crippen molar-refractivity contribution in [2.45, 2.75) is 18.4 Å². The van der Waals surface area contributed by atoms with Gasteiger partial charge < -0.3 is 9.26 Å². The van der Waals surface area contributed by atoms with Crippen molar-refractivity contribution in [3.05, 3.63) is 58.9 Å². The van der Waals surface area contributed by atoms with Gasteiger partial charge in [-0.3, -0.25) is 0 Å². The quantitative estimate of drug-likeness (QED) is 0.691. The van der Waals surface area contributed by atoms with Gasteiger partial charge in [-0.05, 0) is 55.0 Å². The van der Waals surface area contributed by atoms with Crippen LogP contribution in [0.15, 0.2) is 51.9 Å². The molecule has 136 valence electrons. The van der Waals surface area contributed by atoms with Crippen LogP contribution in [0.5, 0.6) is 5.75 Å². The lowest BCUT2D eigenvalue weighted by Crippen LogP contribution is -2.23. The highest BCUT2D eigenvalue weighted by Crippen LogP contribution is 2.22. The van der Waals surface area contributed by atoms with E-state index in [0.717, 1.165) is 11.1 Å². The van der Waals surface area contributed by atoms with Crippen molar-refractivity contribution >= 4 is 21.6 Å². The summed E-state index contributed by atoms with van der Waals surface area (Å²) in [5.74, 6) is 1.13. The van der Waals surface area contributed by atoms with Crippen molar-refractivity contribution in [1.82, 2.24) is 14.9 Å². The predicted molar refractivity (Wildman–Crippen MR) is 96.5 cm³/mol. The van der Waals surface area contributed by atoms with Crippen molar-refractivity contribution < 1.29 is 17.7 Å². The van der Waals surface area contributed by atoms with Gasteiger partial charge in [0.25, 0.3) is 0 Å². The van der Waals surface area contributed by atoms with E-state index in [9.17, 15) is 8.42 Å². The number of halogens is 1. The second-order valence-electron chi connectivity index (χ2n) is 5.47. The van der Waals surface area contributed by atoms with E-state index < -0.39 is 10.0 Å². The Balaban J connectivity index is 1.72. The van der Waals surface area contributed by atoms with Gasteiger partial charge in [0.2, 0.25) is 21.7 Å². The molecule has 3 rings (SSSR count). The molecule has 0 amide bonds. The van der Waals surface area contributed by atoms with Crippen LogP contribution in [0.4, 0.5) is 0 Å². The van der Waals surface area contributed by atoms with E-state index in [0.29, 0.717) is 16.6 Å². The first-order chi connectivity index (χ1) is 12.4. The minimum atomic E-state index is -3.72. The minimum absolute atomic E-state index is 0.117. The summed E-state index contributed by atoms with van der Waals surface area (Å²) in [7, 11) is -2.19. The molecule has 0 aliphatic heterocycles. The van der Waals surface area contributed by atoms with Gasteiger partial charge in [0.1, 0.15) is 5.75 Å². The fraction of sp³-hybridized carbons (Fsp3) is 0.176. The molecule has 0 spiro atoms. The van der Waals surface area contributed by atoms with E-state index >= 15 is 0 Å². The predicted octanol–water partition coefficient (Wildman–Crippen LogP) is 3.19. The van der Waals surface area contributed by atoms with E-state index in [1.165, 1.54) is 19.2 Å². The Kier molecular flexibility index (Phi) is 5.26. The Morgan fingerprint density at radius 2 is 1.92 bits per heavy atom. The van der Waals surface area contributed by atoms with Crippen molar-refractivity contribution in [3.8, 4) is 17.1 Å². The molecule has 2 aromatic carbocycles. The first kappa shape index (κ1) is 18.4. The zero-order valence-electron chi connectivity index (χ0n) is 14.1. The summed E-state index contributed by atoms with van der Waals surface area (Å²) < 4.78 is 37.5. The highest BCUT2D eigenvalue weighted by Gasteiger charge is 2.17. The normalized spacial score (nSPS) is 11.5. The van der Waals surface area contributed by atoms with E-state index in [1.54, 1.807) is 37.3 Å². The zero-order valence-corrected chi connectivity index (χ0v) is 15.6. The number of ether oxygens (including phenoxy) is 1. The third-order valence-corrected chi connectivity index (χ3v) is 5.31. The fourth-order valence-corrected chi connectivity index (χ4v) is 3.49. The highest BCUT2D eigenvalue weighted by atomic mass is 35.5. The van der Waals surface area contributed by atoms with Crippen LogP contribution in [0.2, 0.25) is 5.02 Å². The van der Waals surface area contributed by atoms with Gasteiger partial charge in [0.05, 0.1) is 18.6 Å². The summed E-state index contributed by atoms with van der Waals surface area (Å²) in [4.78, 5) is 4.32. The van der Waals surface area contributed by atoms with Crippen molar-refractivity contribution in [3.63, 3.8) is 0 Å². The fourth-order valence-electron chi connectivity index (χ4n) is 2.30. The van der Waals surface area contributed by atoms with Gasteiger partial charge in [-0.25, -0.2) is 13.1 Å². The molecule has 0 fully saturated rings. The van der Waals surface area contributed by atoms with Crippen LogP contribution in [-0.2, 0) is 16.6 Å². The molecule has 0 atom stereocenters. The standard InChI is InChI=1S/C17H16ClN3O4S/c1-11-9-14(7-8-15(11)24-2)26(22,23)19-10-16-20-17(21-25-16)12-3-5-13(18)6-4-12/h3-9,19H,10H2,1-2H3. The van der Waals surface area contributed by atoms with Gasteiger partial charge in [0, 0.05) is 10.6 Å². The molecule has 0 saturated heterocycles. The molecule has 0 aliphatic rings. The molecular formula is C17H16ClN3O4S. The van der Waals surface area contributed by atoms with Gasteiger partial charge in [-0.1, -0.05) is 16.8 Å². The molecule has 0 bridgehead atoms. The average molecular weight is 394 g/mol.